The summed E-state index contributed by atoms with van der Waals surface area (Å²) in [5.41, 5.74) is 4.52. The number of non-ortho nitro benzene ring substituents is 1. The van der Waals surface area contributed by atoms with Gasteiger partial charge in [0.1, 0.15) is 0 Å². The minimum atomic E-state index is -0.461. The van der Waals surface area contributed by atoms with Gasteiger partial charge in [-0.1, -0.05) is 65.8 Å². The van der Waals surface area contributed by atoms with Gasteiger partial charge in [0.05, 0.1) is 16.9 Å². The van der Waals surface area contributed by atoms with E-state index in [1.807, 2.05) is 30.3 Å². The first-order valence-corrected chi connectivity index (χ1v) is 11.3. The van der Waals surface area contributed by atoms with Gasteiger partial charge in [-0.15, -0.1) is 10.2 Å². The van der Waals surface area contributed by atoms with Gasteiger partial charge in [-0.2, -0.15) is 5.10 Å². The lowest BCUT2D eigenvalue weighted by atomic mass is 10.2. The van der Waals surface area contributed by atoms with E-state index < -0.39 is 4.92 Å². The molecule has 34 heavy (non-hydrogen) atoms. The van der Waals surface area contributed by atoms with Gasteiger partial charge in [0.2, 0.25) is 0 Å². The van der Waals surface area contributed by atoms with Crippen LogP contribution in [0.1, 0.15) is 5.56 Å². The average molecular weight is 493 g/mol. The minimum Gasteiger partial charge on any atom is -0.272 e. The lowest BCUT2D eigenvalue weighted by molar-refractivity contribution is -0.384. The minimum absolute atomic E-state index is 0.0395. The first-order valence-electron chi connectivity index (χ1n) is 9.97. The molecule has 4 aromatic rings. The number of para-hydroxylation sites is 1. The molecule has 11 heteroatoms. The number of benzene rings is 3. The lowest BCUT2D eigenvalue weighted by Crippen LogP contribution is -2.20. The van der Waals surface area contributed by atoms with E-state index in [4.69, 9.17) is 11.6 Å². The quantitative estimate of drug-likeness (QED) is 0.164. The molecule has 0 bridgehead atoms. The molecular weight excluding hydrogens is 476 g/mol. The Morgan fingerprint density at radius 1 is 1.09 bits per heavy atom. The molecule has 0 fully saturated rings. The van der Waals surface area contributed by atoms with Crippen LogP contribution in [-0.2, 0) is 4.79 Å². The smallest absolute Gasteiger partial charge is 0.270 e. The molecule has 0 atom stereocenters. The van der Waals surface area contributed by atoms with Crippen molar-refractivity contribution in [3.63, 3.8) is 0 Å². The standard InChI is InChI=1S/C23H17ClN6O3S/c24-18-11-9-16(10-12-18)14-25-26-21(31)15-34-23-28-27-22(29(23)19-6-2-1-3-7-19)17-5-4-8-20(13-17)30(32)33/h1-14H,15H2,(H,26,31). The second kappa shape index (κ2) is 10.7. The molecule has 0 saturated carbocycles. The van der Waals surface area contributed by atoms with Crippen molar-refractivity contribution in [2.75, 3.05) is 5.75 Å². The van der Waals surface area contributed by atoms with Gasteiger partial charge in [0, 0.05) is 28.4 Å². The third kappa shape index (κ3) is 5.66. The zero-order valence-electron chi connectivity index (χ0n) is 17.5. The third-order valence-electron chi connectivity index (χ3n) is 4.57. The molecule has 1 aromatic heterocycles. The van der Waals surface area contributed by atoms with Crippen molar-refractivity contribution in [3.05, 3.63) is 99.6 Å². The number of hydrazone groups is 1. The van der Waals surface area contributed by atoms with Gasteiger partial charge >= 0.3 is 0 Å². The Morgan fingerprint density at radius 2 is 1.85 bits per heavy atom. The van der Waals surface area contributed by atoms with Crippen LogP contribution < -0.4 is 5.43 Å². The maximum absolute atomic E-state index is 12.3. The number of carbonyl (C=O) groups excluding carboxylic acids is 1. The van der Waals surface area contributed by atoms with Crippen molar-refractivity contribution >= 4 is 41.2 Å². The molecule has 1 amide bonds. The highest BCUT2D eigenvalue weighted by Gasteiger charge is 2.19. The zero-order chi connectivity index (χ0) is 23.9. The number of nitro groups is 1. The maximum atomic E-state index is 12.3. The molecule has 1 heterocycles. The van der Waals surface area contributed by atoms with E-state index in [0.717, 1.165) is 11.3 Å². The number of hydrogen-bond acceptors (Lipinski definition) is 7. The van der Waals surface area contributed by atoms with E-state index in [2.05, 4.69) is 20.7 Å². The van der Waals surface area contributed by atoms with Gasteiger partial charge in [0.15, 0.2) is 11.0 Å². The van der Waals surface area contributed by atoms with Crippen LogP contribution in [0.4, 0.5) is 5.69 Å². The summed E-state index contributed by atoms with van der Waals surface area (Å²) in [4.78, 5) is 23.1. The molecule has 0 aliphatic rings. The first-order chi connectivity index (χ1) is 16.5. The molecule has 0 aliphatic carbocycles. The van der Waals surface area contributed by atoms with Gasteiger partial charge in [-0.3, -0.25) is 19.5 Å². The number of nitrogens with one attached hydrogen (secondary N) is 1. The highest BCUT2D eigenvalue weighted by Crippen LogP contribution is 2.29. The predicted molar refractivity (Wildman–Crippen MR) is 131 cm³/mol. The fraction of sp³-hybridized carbons (Fsp3) is 0.0435. The normalized spacial score (nSPS) is 11.0. The lowest BCUT2D eigenvalue weighted by Gasteiger charge is -2.10. The summed E-state index contributed by atoms with van der Waals surface area (Å²) in [7, 11) is 0. The Labute approximate surface area is 203 Å². The van der Waals surface area contributed by atoms with Crippen molar-refractivity contribution in [2.45, 2.75) is 5.16 Å². The number of halogens is 1. The summed E-state index contributed by atoms with van der Waals surface area (Å²) in [5, 5.41) is 24.7. The van der Waals surface area contributed by atoms with Crippen LogP contribution in [0.5, 0.6) is 0 Å². The number of thioether (sulfide) groups is 1. The van der Waals surface area contributed by atoms with Crippen molar-refractivity contribution in [2.24, 2.45) is 5.10 Å². The van der Waals surface area contributed by atoms with E-state index in [1.165, 1.54) is 30.1 Å². The topological polar surface area (TPSA) is 115 Å². The molecule has 0 saturated heterocycles. The van der Waals surface area contributed by atoms with Crippen LogP contribution >= 0.6 is 23.4 Å². The molecule has 0 spiro atoms. The summed E-state index contributed by atoms with van der Waals surface area (Å²) in [6, 6.07) is 22.5. The van der Waals surface area contributed by atoms with E-state index in [1.54, 1.807) is 41.0 Å². The molecule has 4 rings (SSSR count). The largest absolute Gasteiger partial charge is 0.272 e. The number of nitrogens with zero attached hydrogens (tertiary/aromatic N) is 5. The summed E-state index contributed by atoms with van der Waals surface area (Å²) in [6.07, 6.45) is 1.52. The summed E-state index contributed by atoms with van der Waals surface area (Å²) in [6.45, 7) is 0. The Balaban J connectivity index is 1.53. The molecule has 0 radical (unpaired) electrons. The molecule has 9 nitrogen and oxygen atoms in total. The molecule has 0 unspecified atom stereocenters. The monoisotopic (exact) mass is 492 g/mol. The average Bonchev–Trinajstić information content (AvgIpc) is 3.28. The Bertz CT molecular complexity index is 1340. The maximum Gasteiger partial charge on any atom is 0.270 e. The SMILES string of the molecule is O=C(CSc1nnc(-c2cccc([N+](=O)[O-])c2)n1-c1ccccc1)NN=Cc1ccc(Cl)cc1. The fourth-order valence-corrected chi connectivity index (χ4v) is 3.88. The number of nitro benzene ring substituents is 1. The number of carbonyl (C=O) groups is 1. The summed E-state index contributed by atoms with van der Waals surface area (Å²) >= 11 is 7.03. The van der Waals surface area contributed by atoms with Crippen LogP contribution in [-0.4, -0.2) is 37.6 Å². The molecule has 0 aliphatic heterocycles. The highest BCUT2D eigenvalue weighted by atomic mass is 35.5. The van der Waals surface area contributed by atoms with Crippen LogP contribution in [0, 0.1) is 10.1 Å². The van der Waals surface area contributed by atoms with Crippen molar-refractivity contribution in [1.82, 2.24) is 20.2 Å². The van der Waals surface area contributed by atoms with Gasteiger partial charge in [-0.25, -0.2) is 5.43 Å². The molecular formula is C23H17ClN6O3S. The van der Waals surface area contributed by atoms with Crippen molar-refractivity contribution in [1.29, 1.82) is 0 Å². The summed E-state index contributed by atoms with van der Waals surface area (Å²) < 4.78 is 1.76. The predicted octanol–water partition coefficient (Wildman–Crippen LogP) is 4.74. The van der Waals surface area contributed by atoms with Gasteiger partial charge < -0.3 is 0 Å². The van der Waals surface area contributed by atoms with E-state index >= 15 is 0 Å². The van der Waals surface area contributed by atoms with Gasteiger partial charge in [0.25, 0.3) is 11.6 Å². The number of aromatic nitrogens is 3. The van der Waals surface area contributed by atoms with Crippen molar-refractivity contribution in [3.8, 4) is 17.1 Å². The number of rotatable bonds is 8. The third-order valence-corrected chi connectivity index (χ3v) is 5.75. The highest BCUT2D eigenvalue weighted by molar-refractivity contribution is 7.99. The molecule has 170 valence electrons. The first kappa shape index (κ1) is 23.1. The zero-order valence-corrected chi connectivity index (χ0v) is 19.1. The Hall–Kier alpha value is -4.02. The van der Waals surface area contributed by atoms with E-state index in [0.29, 0.717) is 21.6 Å². The molecule has 1 N–H and O–H groups in total. The van der Waals surface area contributed by atoms with Gasteiger partial charge in [-0.05, 0) is 29.8 Å². The van der Waals surface area contributed by atoms with Crippen molar-refractivity contribution < 1.29 is 9.72 Å². The van der Waals surface area contributed by atoms with E-state index in [-0.39, 0.29) is 17.3 Å². The number of hydrogen-bond donors (Lipinski definition) is 1. The Morgan fingerprint density at radius 3 is 2.59 bits per heavy atom. The van der Waals surface area contributed by atoms with Crippen LogP contribution in [0.3, 0.4) is 0 Å². The van der Waals surface area contributed by atoms with Crippen LogP contribution in [0.25, 0.3) is 17.1 Å². The Kier molecular flexibility index (Phi) is 7.31. The number of amides is 1. The van der Waals surface area contributed by atoms with E-state index in [9.17, 15) is 14.9 Å². The fourth-order valence-electron chi connectivity index (χ4n) is 3.01. The van der Waals surface area contributed by atoms with Crippen LogP contribution in [0.15, 0.2) is 89.1 Å². The second-order valence-electron chi connectivity index (χ2n) is 6.92. The summed E-state index contributed by atoms with van der Waals surface area (Å²) in [5.74, 6) is 0.144. The van der Waals surface area contributed by atoms with Crippen LogP contribution in [0.2, 0.25) is 5.02 Å². The molecule has 3 aromatic carbocycles. The second-order valence-corrected chi connectivity index (χ2v) is 8.30.